The third kappa shape index (κ3) is 115. The molecule has 0 aromatic rings. The fourth-order valence-corrected chi connectivity index (χ4v) is 0. The molecule has 2 N–H and O–H groups in total. The summed E-state index contributed by atoms with van der Waals surface area (Å²) >= 11 is -5.25. The van der Waals surface area contributed by atoms with Crippen molar-refractivity contribution in [1.29, 1.82) is 0 Å². The first-order chi connectivity index (χ1) is 2.00. The van der Waals surface area contributed by atoms with Crippen molar-refractivity contribution in [3.8, 4) is 0 Å². The molecule has 0 unspecified atom stereocenters. The fraction of sp³-hybridized carbons (Fsp3) is 0. The monoisotopic (exact) mass is 174 g/mol. The molecule has 7 heteroatoms. The molecular formula is H7AlCrMgO4. The molecule has 0 atom stereocenters. The molecule has 0 aromatic carbocycles. The molecule has 0 bridgehead atoms. The molecule has 0 aliphatic heterocycles. The van der Waals surface area contributed by atoms with Crippen LogP contribution in [0.3, 0.4) is 0 Å². The van der Waals surface area contributed by atoms with E-state index in [9.17, 15) is 0 Å². The van der Waals surface area contributed by atoms with Crippen molar-refractivity contribution >= 4 is 40.4 Å². The van der Waals surface area contributed by atoms with E-state index in [0.29, 0.717) is 0 Å². The van der Waals surface area contributed by atoms with Crippen molar-refractivity contribution in [2.75, 3.05) is 0 Å². The second-order valence-electron chi connectivity index (χ2n) is 0.448. The second-order valence-corrected chi connectivity index (χ2v) is 1.85. The number of hydrogen-bond acceptors (Lipinski definition) is 2. The maximum absolute atomic E-state index is 8.82. The third-order valence-electron chi connectivity index (χ3n) is 0. The minimum absolute atomic E-state index is 0. The second kappa shape index (κ2) is 5.49. The predicted octanol–water partition coefficient (Wildman–Crippen LogP) is -3.45. The van der Waals surface area contributed by atoms with Crippen LogP contribution in [0.5, 0.6) is 0 Å². The van der Waals surface area contributed by atoms with Gasteiger partial charge in [-0.05, 0) is 0 Å². The van der Waals surface area contributed by atoms with E-state index in [1.54, 1.807) is 0 Å². The van der Waals surface area contributed by atoms with Gasteiger partial charge in [-0.15, -0.1) is 0 Å². The molecule has 0 radical (unpaired) electrons. The van der Waals surface area contributed by atoms with Crippen molar-refractivity contribution in [3.63, 3.8) is 0 Å². The predicted molar refractivity (Wildman–Crippen MR) is 24.3 cm³/mol. The van der Waals surface area contributed by atoms with E-state index >= 15 is 0 Å². The Labute approximate surface area is 69.6 Å². The van der Waals surface area contributed by atoms with Gasteiger partial charge < -0.3 is 0 Å². The standard InChI is InChI=1S/Al.Cr.Mg.2H2O.2O.5H/h;;;2*1H2;;;;;;;/q;+2;;;;;;;;;;/p-2. The van der Waals surface area contributed by atoms with Gasteiger partial charge in [0.1, 0.15) is 0 Å². The summed E-state index contributed by atoms with van der Waals surface area (Å²) in [7, 11) is 0. The SMILES string of the molecule is [AlH3].[MgH2].[O]=[Cr](=[O])([OH])[OH]. The first-order valence-electron chi connectivity index (χ1n) is 0.698. The van der Waals surface area contributed by atoms with Crippen molar-refractivity contribution in [2.24, 2.45) is 0 Å². The van der Waals surface area contributed by atoms with Crippen LogP contribution in [0.1, 0.15) is 0 Å². The third-order valence-corrected chi connectivity index (χ3v) is 0. The molecule has 0 rings (SSSR count). The molecule has 4 nitrogen and oxygen atoms in total. The molecule has 0 aromatic heterocycles. The van der Waals surface area contributed by atoms with Crippen LogP contribution in [0.2, 0.25) is 0 Å². The van der Waals surface area contributed by atoms with Gasteiger partial charge in [0.05, 0.1) is 0 Å². The van der Waals surface area contributed by atoms with E-state index in [1.807, 2.05) is 0 Å². The number of hydrogen-bond donors (Lipinski definition) is 2. The first kappa shape index (κ1) is 15.8. The maximum atomic E-state index is 8.82. The van der Waals surface area contributed by atoms with Crippen LogP contribution in [0.4, 0.5) is 0 Å². The zero-order valence-electron chi connectivity index (χ0n) is 2.12. The minimum atomic E-state index is -5.25. The van der Waals surface area contributed by atoms with E-state index in [4.69, 9.17) is 15.9 Å². The number of rotatable bonds is 0. The Morgan fingerprint density at radius 3 is 1.14 bits per heavy atom. The Morgan fingerprint density at radius 2 is 1.14 bits per heavy atom. The summed E-state index contributed by atoms with van der Waals surface area (Å²) in [6, 6.07) is 0. The van der Waals surface area contributed by atoms with Gasteiger partial charge in [0.25, 0.3) is 0 Å². The summed E-state index contributed by atoms with van der Waals surface area (Å²) in [6.07, 6.45) is 0. The normalized spacial score (nSPS) is 8.29. The van der Waals surface area contributed by atoms with E-state index < -0.39 is 13.6 Å². The summed E-state index contributed by atoms with van der Waals surface area (Å²) in [5.74, 6) is 0. The molecular weight excluding hydrogens is 167 g/mol. The Bertz CT molecular complexity index is 94.9. The van der Waals surface area contributed by atoms with Gasteiger partial charge in [0.2, 0.25) is 0 Å². The Balaban J connectivity index is -0.0000000800. The Morgan fingerprint density at radius 1 is 1.14 bits per heavy atom. The molecule has 42 valence electrons. The van der Waals surface area contributed by atoms with E-state index in [-0.39, 0.29) is 40.4 Å². The van der Waals surface area contributed by atoms with Crippen molar-refractivity contribution in [2.45, 2.75) is 0 Å². The van der Waals surface area contributed by atoms with Gasteiger partial charge in [0, 0.05) is 0 Å². The molecule has 0 aliphatic carbocycles. The van der Waals surface area contributed by atoms with Crippen LogP contribution < -0.4 is 0 Å². The van der Waals surface area contributed by atoms with Crippen LogP contribution in [0.15, 0.2) is 0 Å². The molecule has 0 saturated carbocycles. The van der Waals surface area contributed by atoms with Gasteiger partial charge in [-0.25, -0.2) is 0 Å². The van der Waals surface area contributed by atoms with Crippen LogP contribution in [0.25, 0.3) is 0 Å². The summed E-state index contributed by atoms with van der Waals surface area (Å²) in [6.45, 7) is 0. The van der Waals surface area contributed by atoms with Gasteiger partial charge in [0.15, 0.2) is 17.4 Å². The van der Waals surface area contributed by atoms with E-state index in [0.717, 1.165) is 0 Å². The van der Waals surface area contributed by atoms with Gasteiger partial charge in [-0.3, -0.25) is 0 Å². The van der Waals surface area contributed by atoms with Crippen molar-refractivity contribution < 1.29 is 29.5 Å². The zero-order chi connectivity index (χ0) is 4.50. The first-order valence-corrected chi connectivity index (χ1v) is 2.88. The summed E-state index contributed by atoms with van der Waals surface area (Å²) in [5, 5.41) is 0. The van der Waals surface area contributed by atoms with Crippen LogP contribution in [-0.4, -0.2) is 48.7 Å². The molecule has 0 saturated heterocycles. The average Bonchev–Trinajstić information content (AvgIpc) is 0.722. The zero-order valence-corrected chi connectivity index (χ0v) is 3.39. The molecule has 0 heterocycles. The summed E-state index contributed by atoms with van der Waals surface area (Å²) < 4.78 is 31.9. The van der Waals surface area contributed by atoms with Gasteiger partial charge in [-0.1, -0.05) is 0 Å². The average molecular weight is 174 g/mol. The van der Waals surface area contributed by atoms with Gasteiger partial charge in [-0.2, -0.15) is 0 Å². The van der Waals surface area contributed by atoms with Crippen LogP contribution in [0, 0.1) is 0 Å². The van der Waals surface area contributed by atoms with E-state index in [2.05, 4.69) is 0 Å². The summed E-state index contributed by atoms with van der Waals surface area (Å²) in [4.78, 5) is 0. The molecule has 0 fully saturated rings. The quantitative estimate of drug-likeness (QED) is 0.375. The molecule has 0 spiro atoms. The Hall–Kier alpha value is 1.35. The Kier molecular flexibility index (Phi) is 12.4. The molecule has 0 amide bonds. The molecule has 7 heavy (non-hydrogen) atoms. The van der Waals surface area contributed by atoms with Crippen molar-refractivity contribution in [1.82, 2.24) is 0 Å². The van der Waals surface area contributed by atoms with Gasteiger partial charge >= 0.3 is 52.6 Å². The van der Waals surface area contributed by atoms with Crippen molar-refractivity contribution in [3.05, 3.63) is 0 Å². The fourth-order valence-electron chi connectivity index (χ4n) is 0. The molecule has 0 aliphatic rings. The van der Waals surface area contributed by atoms with E-state index in [1.165, 1.54) is 0 Å². The summed E-state index contributed by atoms with van der Waals surface area (Å²) in [5.41, 5.74) is 0. The van der Waals surface area contributed by atoms with Crippen LogP contribution >= 0.6 is 0 Å². The van der Waals surface area contributed by atoms with Crippen LogP contribution in [-0.2, 0) is 21.2 Å². The topological polar surface area (TPSA) is 74.6 Å².